The lowest BCUT2D eigenvalue weighted by Gasteiger charge is -2.26. The first-order valence-electron chi connectivity index (χ1n) is 6.89. The summed E-state index contributed by atoms with van der Waals surface area (Å²) in [7, 11) is 0. The molecule has 0 aromatic rings. The summed E-state index contributed by atoms with van der Waals surface area (Å²) in [6, 6.07) is 0. The second-order valence-corrected chi connectivity index (χ2v) is 5.80. The summed E-state index contributed by atoms with van der Waals surface area (Å²) in [6.07, 6.45) is 9.04. The van der Waals surface area contributed by atoms with Crippen LogP contribution in [0.15, 0.2) is 12.7 Å². The van der Waals surface area contributed by atoms with Crippen LogP contribution in [0, 0.1) is 0 Å². The zero-order chi connectivity index (χ0) is 13.4. The molecule has 102 valence electrons. The number of unbranched alkanes of at least 4 members (excludes halogenated alkanes) is 2. The molecule has 0 heterocycles. The largest absolute Gasteiger partial charge is 0.390 e. The molecule has 0 saturated carbocycles. The Labute approximate surface area is 107 Å². The molecule has 2 N–H and O–H groups in total. The van der Waals surface area contributed by atoms with Gasteiger partial charge in [0.1, 0.15) is 0 Å². The molecule has 0 rings (SSSR count). The number of aliphatic hydroxyl groups is 2. The van der Waals surface area contributed by atoms with E-state index in [4.69, 9.17) is 0 Å². The Bertz CT molecular complexity index is 207. The molecule has 0 aromatic heterocycles. The zero-order valence-electron chi connectivity index (χ0n) is 11.8. The summed E-state index contributed by atoms with van der Waals surface area (Å²) in [5.74, 6) is 0. The first kappa shape index (κ1) is 16.7. The van der Waals surface area contributed by atoms with E-state index in [1.54, 1.807) is 6.08 Å². The van der Waals surface area contributed by atoms with Gasteiger partial charge in [-0.05, 0) is 46.0 Å². The van der Waals surface area contributed by atoms with Crippen LogP contribution in [0.1, 0.15) is 72.1 Å². The van der Waals surface area contributed by atoms with Crippen LogP contribution in [0.25, 0.3) is 0 Å². The van der Waals surface area contributed by atoms with Crippen LogP contribution in [0.5, 0.6) is 0 Å². The van der Waals surface area contributed by atoms with Crippen molar-refractivity contribution in [3.05, 3.63) is 12.7 Å². The molecule has 17 heavy (non-hydrogen) atoms. The average molecular weight is 242 g/mol. The molecule has 2 heteroatoms. The SMILES string of the molecule is C=CCC(C)(O)CCCC(C)(O)CCCCC. The molecule has 0 radical (unpaired) electrons. The topological polar surface area (TPSA) is 40.5 Å². The lowest BCUT2D eigenvalue weighted by atomic mass is 9.88. The fourth-order valence-corrected chi connectivity index (χ4v) is 2.14. The van der Waals surface area contributed by atoms with E-state index in [9.17, 15) is 10.2 Å². The van der Waals surface area contributed by atoms with Gasteiger partial charge in [0, 0.05) is 0 Å². The van der Waals surface area contributed by atoms with Crippen LogP contribution in [-0.2, 0) is 0 Å². The summed E-state index contributed by atoms with van der Waals surface area (Å²) < 4.78 is 0. The van der Waals surface area contributed by atoms with Crippen molar-refractivity contribution in [2.45, 2.75) is 83.3 Å². The summed E-state index contributed by atoms with van der Waals surface area (Å²) >= 11 is 0. The predicted molar refractivity (Wildman–Crippen MR) is 74.1 cm³/mol. The summed E-state index contributed by atoms with van der Waals surface area (Å²) in [6.45, 7) is 9.55. The van der Waals surface area contributed by atoms with Crippen molar-refractivity contribution < 1.29 is 10.2 Å². The maximum atomic E-state index is 10.2. The molecule has 0 spiro atoms. The molecule has 0 aromatic carbocycles. The quantitative estimate of drug-likeness (QED) is 0.452. The van der Waals surface area contributed by atoms with Crippen molar-refractivity contribution in [1.29, 1.82) is 0 Å². The smallest absolute Gasteiger partial charge is 0.0654 e. The normalized spacial score (nSPS) is 18.4. The van der Waals surface area contributed by atoms with Gasteiger partial charge in [-0.2, -0.15) is 0 Å². The van der Waals surface area contributed by atoms with Crippen molar-refractivity contribution in [1.82, 2.24) is 0 Å². The second-order valence-electron chi connectivity index (χ2n) is 5.80. The number of hydrogen-bond donors (Lipinski definition) is 2. The zero-order valence-corrected chi connectivity index (χ0v) is 11.8. The highest BCUT2D eigenvalue weighted by Gasteiger charge is 2.23. The van der Waals surface area contributed by atoms with Gasteiger partial charge in [0.15, 0.2) is 0 Å². The molecule has 0 fully saturated rings. The Balaban J connectivity index is 3.81. The van der Waals surface area contributed by atoms with Gasteiger partial charge in [-0.3, -0.25) is 0 Å². The van der Waals surface area contributed by atoms with Gasteiger partial charge in [0.05, 0.1) is 11.2 Å². The summed E-state index contributed by atoms with van der Waals surface area (Å²) in [5.41, 5.74) is -1.24. The van der Waals surface area contributed by atoms with Crippen LogP contribution in [0.2, 0.25) is 0 Å². The Hall–Kier alpha value is -0.340. The predicted octanol–water partition coefficient (Wildman–Crippen LogP) is 3.82. The van der Waals surface area contributed by atoms with E-state index in [1.807, 2.05) is 13.8 Å². The highest BCUT2D eigenvalue weighted by atomic mass is 16.3. The molecule has 2 unspecified atom stereocenters. The molecular formula is C15H30O2. The minimum absolute atomic E-state index is 0.570. The van der Waals surface area contributed by atoms with Crippen LogP contribution >= 0.6 is 0 Å². The second kappa shape index (κ2) is 7.88. The minimum Gasteiger partial charge on any atom is -0.390 e. The molecule has 0 aliphatic heterocycles. The molecule has 2 nitrogen and oxygen atoms in total. The highest BCUT2D eigenvalue weighted by Crippen LogP contribution is 2.25. The van der Waals surface area contributed by atoms with E-state index in [-0.39, 0.29) is 0 Å². The third-order valence-electron chi connectivity index (χ3n) is 3.33. The van der Waals surface area contributed by atoms with Gasteiger partial charge in [-0.1, -0.05) is 32.3 Å². The van der Waals surface area contributed by atoms with Gasteiger partial charge in [-0.15, -0.1) is 6.58 Å². The lowest BCUT2D eigenvalue weighted by molar-refractivity contribution is 0.0171. The van der Waals surface area contributed by atoms with Gasteiger partial charge in [0.25, 0.3) is 0 Å². The lowest BCUT2D eigenvalue weighted by Crippen LogP contribution is -2.27. The summed E-state index contributed by atoms with van der Waals surface area (Å²) in [5, 5.41) is 20.1. The standard InChI is InChI=1S/C15H30O2/c1-5-7-8-11-15(4,17)13-9-12-14(3,16)10-6-2/h6,16-17H,2,5,7-13H2,1,3-4H3. The fourth-order valence-electron chi connectivity index (χ4n) is 2.14. The van der Waals surface area contributed by atoms with Crippen LogP contribution in [0.4, 0.5) is 0 Å². The molecule has 0 saturated heterocycles. The van der Waals surface area contributed by atoms with E-state index in [0.717, 1.165) is 32.1 Å². The van der Waals surface area contributed by atoms with Crippen LogP contribution in [-0.4, -0.2) is 21.4 Å². The third-order valence-corrected chi connectivity index (χ3v) is 3.33. The summed E-state index contributed by atoms with van der Waals surface area (Å²) in [4.78, 5) is 0. The van der Waals surface area contributed by atoms with Gasteiger partial charge >= 0.3 is 0 Å². The van der Waals surface area contributed by atoms with Gasteiger partial charge < -0.3 is 10.2 Å². The van der Waals surface area contributed by atoms with Crippen LogP contribution < -0.4 is 0 Å². The van der Waals surface area contributed by atoms with E-state index in [0.29, 0.717) is 6.42 Å². The Morgan fingerprint density at radius 2 is 1.47 bits per heavy atom. The van der Waals surface area contributed by atoms with E-state index < -0.39 is 11.2 Å². The van der Waals surface area contributed by atoms with E-state index in [2.05, 4.69) is 13.5 Å². The minimum atomic E-state index is -0.665. The van der Waals surface area contributed by atoms with Crippen molar-refractivity contribution >= 4 is 0 Å². The van der Waals surface area contributed by atoms with Crippen molar-refractivity contribution in [2.24, 2.45) is 0 Å². The molecule has 0 amide bonds. The maximum absolute atomic E-state index is 10.2. The molecule has 0 bridgehead atoms. The van der Waals surface area contributed by atoms with Crippen molar-refractivity contribution in [3.63, 3.8) is 0 Å². The van der Waals surface area contributed by atoms with Gasteiger partial charge in [-0.25, -0.2) is 0 Å². The molecular weight excluding hydrogens is 212 g/mol. The Morgan fingerprint density at radius 1 is 0.941 bits per heavy atom. The Kier molecular flexibility index (Phi) is 7.73. The van der Waals surface area contributed by atoms with E-state index >= 15 is 0 Å². The Morgan fingerprint density at radius 3 is 2.00 bits per heavy atom. The van der Waals surface area contributed by atoms with Crippen molar-refractivity contribution in [3.8, 4) is 0 Å². The average Bonchev–Trinajstić information content (AvgIpc) is 2.16. The first-order chi connectivity index (χ1) is 7.83. The van der Waals surface area contributed by atoms with Gasteiger partial charge in [0.2, 0.25) is 0 Å². The molecule has 0 aliphatic carbocycles. The molecule has 2 atom stereocenters. The highest BCUT2D eigenvalue weighted by molar-refractivity contribution is 4.83. The fraction of sp³-hybridized carbons (Fsp3) is 0.867. The monoisotopic (exact) mass is 242 g/mol. The van der Waals surface area contributed by atoms with E-state index in [1.165, 1.54) is 12.8 Å². The number of hydrogen-bond acceptors (Lipinski definition) is 2. The van der Waals surface area contributed by atoms with Crippen LogP contribution in [0.3, 0.4) is 0 Å². The number of rotatable bonds is 10. The maximum Gasteiger partial charge on any atom is 0.0654 e. The first-order valence-corrected chi connectivity index (χ1v) is 6.89. The molecule has 0 aliphatic rings. The third kappa shape index (κ3) is 9.37. The van der Waals surface area contributed by atoms with Crippen molar-refractivity contribution in [2.75, 3.05) is 0 Å².